The van der Waals surface area contributed by atoms with Crippen molar-refractivity contribution in [2.75, 3.05) is 31.6 Å². The Labute approximate surface area is 170 Å². The molecule has 0 aromatic heterocycles. The van der Waals surface area contributed by atoms with Crippen LogP contribution in [0.15, 0.2) is 47.4 Å². The fourth-order valence-corrected chi connectivity index (χ4v) is 4.69. The van der Waals surface area contributed by atoms with Crippen LogP contribution in [-0.2, 0) is 9.84 Å². The standard InChI is InChI=1S/C21H25N3O4S/c1-29(26,27)17-6-7-20(18(22)12-17)28-16-4-2-15(3-5-16)21(25)23-19-13-24-10-8-14(19)9-11-24/h2-7,12,14,19H,8-11,13,22H2,1H3,(H,23,25)/t19-/m0/s1. The van der Waals surface area contributed by atoms with Crippen molar-refractivity contribution in [1.82, 2.24) is 10.2 Å². The molecule has 3 saturated heterocycles. The summed E-state index contributed by atoms with van der Waals surface area (Å²) in [7, 11) is -3.33. The van der Waals surface area contributed by atoms with Crippen LogP contribution in [0.3, 0.4) is 0 Å². The topological polar surface area (TPSA) is 102 Å². The molecule has 0 spiro atoms. The summed E-state index contributed by atoms with van der Waals surface area (Å²) >= 11 is 0. The first-order chi connectivity index (χ1) is 13.8. The summed E-state index contributed by atoms with van der Waals surface area (Å²) in [6.07, 6.45) is 3.43. The highest BCUT2D eigenvalue weighted by Crippen LogP contribution is 2.30. The Morgan fingerprint density at radius 1 is 1.14 bits per heavy atom. The number of benzene rings is 2. The van der Waals surface area contributed by atoms with E-state index in [4.69, 9.17) is 10.5 Å². The van der Waals surface area contributed by atoms with Crippen molar-refractivity contribution in [1.29, 1.82) is 0 Å². The second-order valence-corrected chi connectivity index (χ2v) is 9.83. The molecular formula is C21H25N3O4S. The van der Waals surface area contributed by atoms with E-state index in [1.165, 1.54) is 18.2 Å². The minimum absolute atomic E-state index is 0.0766. The molecule has 2 aromatic rings. The zero-order valence-corrected chi connectivity index (χ0v) is 17.1. The average molecular weight is 416 g/mol. The van der Waals surface area contributed by atoms with E-state index in [1.807, 2.05) is 0 Å². The number of fused-ring (bicyclic) bond motifs is 3. The van der Waals surface area contributed by atoms with Gasteiger partial charge in [0, 0.05) is 24.4 Å². The fraction of sp³-hybridized carbons (Fsp3) is 0.381. The number of nitrogens with one attached hydrogen (secondary N) is 1. The van der Waals surface area contributed by atoms with E-state index in [0.29, 0.717) is 23.0 Å². The molecular weight excluding hydrogens is 390 g/mol. The van der Waals surface area contributed by atoms with Crippen molar-refractivity contribution in [3.8, 4) is 11.5 Å². The third-order valence-electron chi connectivity index (χ3n) is 5.73. The smallest absolute Gasteiger partial charge is 0.251 e. The molecule has 0 radical (unpaired) electrons. The van der Waals surface area contributed by atoms with Crippen molar-refractivity contribution in [3.63, 3.8) is 0 Å². The van der Waals surface area contributed by atoms with Gasteiger partial charge in [0.25, 0.3) is 5.91 Å². The largest absolute Gasteiger partial charge is 0.455 e. The highest BCUT2D eigenvalue weighted by atomic mass is 32.2. The number of anilines is 1. The predicted octanol–water partition coefficient (Wildman–Crippen LogP) is 2.29. The van der Waals surface area contributed by atoms with E-state index in [-0.39, 0.29) is 22.5 Å². The predicted molar refractivity (Wildman–Crippen MR) is 111 cm³/mol. The molecule has 0 aliphatic carbocycles. The zero-order chi connectivity index (χ0) is 20.6. The van der Waals surface area contributed by atoms with Crippen LogP contribution in [0, 0.1) is 5.92 Å². The Morgan fingerprint density at radius 3 is 2.38 bits per heavy atom. The molecule has 0 saturated carbocycles. The Balaban J connectivity index is 1.41. The Morgan fingerprint density at radius 2 is 1.83 bits per heavy atom. The molecule has 2 bridgehead atoms. The normalized spacial score (nSPS) is 23.6. The van der Waals surface area contributed by atoms with Gasteiger partial charge in [-0.15, -0.1) is 0 Å². The second-order valence-electron chi connectivity index (χ2n) is 7.82. The zero-order valence-electron chi connectivity index (χ0n) is 16.3. The monoisotopic (exact) mass is 415 g/mol. The minimum Gasteiger partial charge on any atom is -0.455 e. The van der Waals surface area contributed by atoms with Gasteiger partial charge in [-0.05, 0) is 74.3 Å². The van der Waals surface area contributed by atoms with E-state index in [0.717, 1.165) is 38.7 Å². The number of nitrogen functional groups attached to an aromatic ring is 1. The van der Waals surface area contributed by atoms with E-state index in [9.17, 15) is 13.2 Å². The Hall–Kier alpha value is -2.58. The van der Waals surface area contributed by atoms with Gasteiger partial charge in [-0.3, -0.25) is 4.79 Å². The number of hydrogen-bond acceptors (Lipinski definition) is 6. The van der Waals surface area contributed by atoms with Crippen molar-refractivity contribution >= 4 is 21.4 Å². The number of nitrogens with two attached hydrogens (primary N) is 1. The van der Waals surface area contributed by atoms with Crippen molar-refractivity contribution < 1.29 is 17.9 Å². The van der Waals surface area contributed by atoms with Crippen LogP contribution < -0.4 is 15.8 Å². The molecule has 7 nitrogen and oxygen atoms in total. The molecule has 5 rings (SSSR count). The molecule has 0 unspecified atom stereocenters. The minimum atomic E-state index is -3.33. The third-order valence-corrected chi connectivity index (χ3v) is 6.84. The lowest BCUT2D eigenvalue weighted by Gasteiger charge is -2.44. The van der Waals surface area contributed by atoms with Gasteiger partial charge in [-0.25, -0.2) is 8.42 Å². The lowest BCUT2D eigenvalue weighted by atomic mass is 9.84. The van der Waals surface area contributed by atoms with Gasteiger partial charge in [-0.1, -0.05) is 0 Å². The van der Waals surface area contributed by atoms with Gasteiger partial charge < -0.3 is 20.7 Å². The number of amides is 1. The van der Waals surface area contributed by atoms with E-state index in [1.54, 1.807) is 24.3 Å². The molecule has 154 valence electrons. The highest BCUT2D eigenvalue weighted by molar-refractivity contribution is 7.90. The highest BCUT2D eigenvalue weighted by Gasteiger charge is 2.34. The number of carbonyl (C=O) groups is 1. The number of piperidine rings is 3. The summed E-state index contributed by atoms with van der Waals surface area (Å²) in [6, 6.07) is 11.4. The van der Waals surface area contributed by atoms with Gasteiger partial charge in [0.05, 0.1) is 10.6 Å². The number of rotatable bonds is 5. The summed E-state index contributed by atoms with van der Waals surface area (Å²) in [6.45, 7) is 3.20. The lowest BCUT2D eigenvalue weighted by Crippen LogP contribution is -2.57. The van der Waals surface area contributed by atoms with Gasteiger partial charge in [0.2, 0.25) is 0 Å². The van der Waals surface area contributed by atoms with Gasteiger partial charge in [0.15, 0.2) is 9.84 Å². The maximum atomic E-state index is 12.6. The summed E-state index contributed by atoms with van der Waals surface area (Å²) in [5.74, 6) is 1.38. The Kier molecular flexibility index (Phi) is 5.23. The summed E-state index contributed by atoms with van der Waals surface area (Å²) in [5, 5.41) is 3.17. The molecule has 8 heteroatoms. The van der Waals surface area contributed by atoms with E-state index < -0.39 is 9.84 Å². The van der Waals surface area contributed by atoms with E-state index in [2.05, 4.69) is 10.2 Å². The van der Waals surface area contributed by atoms with Crippen LogP contribution in [0.25, 0.3) is 0 Å². The molecule has 3 heterocycles. The first kappa shape index (κ1) is 19.7. The van der Waals surface area contributed by atoms with Gasteiger partial charge in [0.1, 0.15) is 11.5 Å². The fourth-order valence-electron chi connectivity index (χ4n) is 4.03. The lowest BCUT2D eigenvalue weighted by molar-refractivity contribution is 0.0620. The molecule has 3 fully saturated rings. The number of hydrogen-bond donors (Lipinski definition) is 2. The Bertz CT molecular complexity index is 1010. The molecule has 3 aliphatic rings. The molecule has 1 amide bonds. The first-order valence-corrected chi connectivity index (χ1v) is 11.6. The molecule has 1 atom stereocenters. The summed E-state index contributed by atoms with van der Waals surface area (Å²) < 4.78 is 29.0. The third kappa shape index (κ3) is 4.38. The summed E-state index contributed by atoms with van der Waals surface area (Å²) in [4.78, 5) is 15.1. The first-order valence-electron chi connectivity index (χ1n) is 9.70. The van der Waals surface area contributed by atoms with Crippen LogP contribution in [0.5, 0.6) is 11.5 Å². The maximum absolute atomic E-state index is 12.6. The second kappa shape index (κ2) is 7.68. The number of sulfone groups is 1. The maximum Gasteiger partial charge on any atom is 0.251 e. The summed E-state index contributed by atoms with van der Waals surface area (Å²) in [5.41, 5.74) is 6.73. The number of ether oxygens (including phenoxy) is 1. The quantitative estimate of drug-likeness (QED) is 0.727. The van der Waals surface area contributed by atoms with Crippen LogP contribution >= 0.6 is 0 Å². The number of carbonyl (C=O) groups excluding carboxylic acids is 1. The van der Waals surface area contributed by atoms with Gasteiger partial charge in [-0.2, -0.15) is 0 Å². The number of nitrogens with zero attached hydrogens (tertiary/aromatic N) is 1. The molecule has 3 N–H and O–H groups in total. The van der Waals surface area contributed by atoms with Crippen LogP contribution in [0.4, 0.5) is 5.69 Å². The van der Waals surface area contributed by atoms with E-state index >= 15 is 0 Å². The van der Waals surface area contributed by atoms with Crippen LogP contribution in [0.2, 0.25) is 0 Å². The molecule has 2 aromatic carbocycles. The van der Waals surface area contributed by atoms with Crippen LogP contribution in [0.1, 0.15) is 23.2 Å². The van der Waals surface area contributed by atoms with Gasteiger partial charge >= 0.3 is 0 Å². The van der Waals surface area contributed by atoms with Crippen molar-refractivity contribution in [2.24, 2.45) is 5.92 Å². The SMILES string of the molecule is CS(=O)(=O)c1ccc(Oc2ccc(C(=O)N[C@H]3CN4CCC3CC4)cc2)c(N)c1. The van der Waals surface area contributed by atoms with Crippen molar-refractivity contribution in [2.45, 2.75) is 23.8 Å². The average Bonchev–Trinajstić information content (AvgIpc) is 2.70. The van der Waals surface area contributed by atoms with Crippen molar-refractivity contribution in [3.05, 3.63) is 48.0 Å². The molecule has 3 aliphatic heterocycles. The van der Waals surface area contributed by atoms with Crippen LogP contribution in [-0.4, -0.2) is 51.2 Å². The molecule has 29 heavy (non-hydrogen) atoms.